The third-order valence-electron chi connectivity index (χ3n) is 6.11. The van der Waals surface area contributed by atoms with Crippen LogP contribution in [0.1, 0.15) is 61.0 Å². The average Bonchev–Trinajstić information content (AvgIpc) is 3.49. The van der Waals surface area contributed by atoms with Crippen molar-refractivity contribution < 1.29 is 18.4 Å². The molecule has 2 atom stereocenters. The van der Waals surface area contributed by atoms with Crippen molar-refractivity contribution in [2.45, 2.75) is 51.1 Å². The number of aromatic nitrogens is 3. The van der Waals surface area contributed by atoms with E-state index in [2.05, 4.69) is 20.7 Å². The van der Waals surface area contributed by atoms with Crippen molar-refractivity contribution in [2.75, 3.05) is 6.54 Å². The van der Waals surface area contributed by atoms with Crippen LogP contribution in [0.15, 0.2) is 48.7 Å². The smallest absolute Gasteiger partial charge is 0.243 e. The fraction of sp³-hybridized carbons (Fsp3) is 0.360. The van der Waals surface area contributed by atoms with Gasteiger partial charge in [0.05, 0.1) is 24.4 Å². The van der Waals surface area contributed by atoms with Crippen molar-refractivity contribution in [3.8, 4) is 0 Å². The predicted molar refractivity (Wildman–Crippen MR) is 122 cm³/mol. The third kappa shape index (κ3) is 4.98. The van der Waals surface area contributed by atoms with Gasteiger partial charge in [-0.05, 0) is 42.0 Å². The molecule has 0 spiro atoms. The Bertz CT molecular complexity index is 1130. The normalized spacial score (nSPS) is 16.6. The van der Waals surface area contributed by atoms with Crippen LogP contribution in [0.5, 0.6) is 0 Å². The van der Waals surface area contributed by atoms with Gasteiger partial charge in [-0.1, -0.05) is 49.4 Å². The molecule has 4 rings (SSSR count). The van der Waals surface area contributed by atoms with Gasteiger partial charge < -0.3 is 10.2 Å². The van der Waals surface area contributed by atoms with Crippen LogP contribution >= 0.6 is 0 Å². The molecule has 1 aliphatic rings. The molecule has 3 aromatic rings. The highest BCUT2D eigenvalue weighted by Crippen LogP contribution is 2.30. The average molecular weight is 468 g/mol. The minimum absolute atomic E-state index is 0.0164. The molecule has 7 nitrogen and oxygen atoms in total. The highest BCUT2D eigenvalue weighted by Gasteiger charge is 2.35. The number of halogens is 2. The molecule has 1 saturated heterocycles. The van der Waals surface area contributed by atoms with E-state index in [-0.39, 0.29) is 29.7 Å². The van der Waals surface area contributed by atoms with Gasteiger partial charge in [-0.15, -0.1) is 5.10 Å². The van der Waals surface area contributed by atoms with E-state index >= 15 is 0 Å². The molecule has 2 amide bonds. The van der Waals surface area contributed by atoms with Crippen LogP contribution in [-0.4, -0.2) is 44.7 Å². The number of nitrogens with one attached hydrogen (secondary N) is 2. The van der Waals surface area contributed by atoms with Gasteiger partial charge in [-0.25, -0.2) is 8.78 Å². The third-order valence-corrected chi connectivity index (χ3v) is 6.11. The van der Waals surface area contributed by atoms with Crippen LogP contribution in [0, 0.1) is 11.6 Å². The number of benzene rings is 2. The summed E-state index contributed by atoms with van der Waals surface area (Å²) in [4.78, 5) is 27.7. The molecule has 2 aromatic carbocycles. The molecule has 9 heteroatoms. The van der Waals surface area contributed by atoms with Crippen molar-refractivity contribution in [1.82, 2.24) is 25.6 Å². The topological polar surface area (TPSA) is 91.0 Å². The molecule has 0 radical (unpaired) electrons. The fourth-order valence-electron chi connectivity index (χ4n) is 4.47. The summed E-state index contributed by atoms with van der Waals surface area (Å²) in [5.41, 5.74) is 1.57. The Morgan fingerprint density at radius 1 is 1.15 bits per heavy atom. The molecule has 0 bridgehead atoms. The van der Waals surface area contributed by atoms with Gasteiger partial charge in [0.1, 0.15) is 17.7 Å². The molecule has 1 aromatic heterocycles. The summed E-state index contributed by atoms with van der Waals surface area (Å²) >= 11 is 0. The molecule has 1 unspecified atom stereocenters. The molecule has 1 fully saturated rings. The molecule has 0 saturated carbocycles. The lowest BCUT2D eigenvalue weighted by molar-refractivity contribution is -0.138. The van der Waals surface area contributed by atoms with E-state index in [0.717, 1.165) is 0 Å². The van der Waals surface area contributed by atoms with Crippen LogP contribution in [0.3, 0.4) is 0 Å². The van der Waals surface area contributed by atoms with E-state index < -0.39 is 23.7 Å². The Balaban J connectivity index is 1.60. The van der Waals surface area contributed by atoms with Crippen LogP contribution in [-0.2, 0) is 16.0 Å². The maximum atomic E-state index is 14.8. The van der Waals surface area contributed by atoms with Gasteiger partial charge >= 0.3 is 0 Å². The summed E-state index contributed by atoms with van der Waals surface area (Å²) in [5, 5.41) is 12.9. The minimum atomic E-state index is -0.770. The van der Waals surface area contributed by atoms with Crippen molar-refractivity contribution >= 4 is 11.8 Å². The van der Waals surface area contributed by atoms with E-state index in [1.54, 1.807) is 43.0 Å². The second-order valence-electron chi connectivity index (χ2n) is 8.81. The SMILES string of the molecule is CC(C)c1c(F)cc(C(NC(=O)[C@@H]2CCCN2C(=O)Cc2cnn[nH]2)c2ccccc2)cc1F. The Morgan fingerprint density at radius 3 is 2.47 bits per heavy atom. The maximum Gasteiger partial charge on any atom is 0.243 e. The lowest BCUT2D eigenvalue weighted by Crippen LogP contribution is -2.47. The fourth-order valence-corrected chi connectivity index (χ4v) is 4.47. The van der Waals surface area contributed by atoms with E-state index in [4.69, 9.17) is 0 Å². The first-order valence-electron chi connectivity index (χ1n) is 11.3. The summed E-state index contributed by atoms with van der Waals surface area (Å²) in [6.45, 7) is 3.91. The van der Waals surface area contributed by atoms with Crippen molar-refractivity contribution in [1.29, 1.82) is 0 Å². The van der Waals surface area contributed by atoms with Crippen molar-refractivity contribution in [2.24, 2.45) is 0 Å². The zero-order valence-electron chi connectivity index (χ0n) is 19.1. The number of hydrogen-bond acceptors (Lipinski definition) is 4. The first-order chi connectivity index (χ1) is 16.3. The summed E-state index contributed by atoms with van der Waals surface area (Å²) in [7, 11) is 0. The van der Waals surface area contributed by atoms with Gasteiger partial charge in [0, 0.05) is 12.1 Å². The quantitative estimate of drug-likeness (QED) is 0.555. The first kappa shape index (κ1) is 23.5. The number of carbonyl (C=O) groups excluding carboxylic acids is 2. The molecule has 34 heavy (non-hydrogen) atoms. The first-order valence-corrected chi connectivity index (χ1v) is 11.3. The lowest BCUT2D eigenvalue weighted by atomic mass is 9.93. The summed E-state index contributed by atoms with van der Waals surface area (Å²) in [6, 6.07) is 10.1. The van der Waals surface area contributed by atoms with E-state index in [0.29, 0.717) is 36.2 Å². The molecule has 0 aliphatic carbocycles. The lowest BCUT2D eigenvalue weighted by Gasteiger charge is -2.27. The zero-order valence-corrected chi connectivity index (χ0v) is 19.1. The van der Waals surface area contributed by atoms with E-state index in [9.17, 15) is 18.4 Å². The van der Waals surface area contributed by atoms with Gasteiger partial charge in [0.2, 0.25) is 11.8 Å². The van der Waals surface area contributed by atoms with E-state index in [1.807, 2.05) is 6.07 Å². The molecule has 178 valence electrons. The van der Waals surface area contributed by atoms with Gasteiger partial charge in [0.25, 0.3) is 0 Å². The van der Waals surface area contributed by atoms with Crippen molar-refractivity contribution in [3.63, 3.8) is 0 Å². The number of hydrogen-bond donors (Lipinski definition) is 2. The highest BCUT2D eigenvalue weighted by atomic mass is 19.1. The summed E-state index contributed by atoms with van der Waals surface area (Å²) in [6.07, 6.45) is 2.73. The Hall–Kier alpha value is -3.62. The second-order valence-corrected chi connectivity index (χ2v) is 8.81. The molecule has 1 aliphatic heterocycles. The zero-order chi connectivity index (χ0) is 24.2. The number of H-pyrrole nitrogens is 1. The van der Waals surface area contributed by atoms with Crippen molar-refractivity contribution in [3.05, 3.63) is 82.7 Å². The number of aromatic amines is 1. The standard InChI is InChI=1S/C25H27F2N5O2/c1-15(2)23-19(26)11-17(12-20(23)27)24(16-7-4-3-5-8-16)29-25(34)21-9-6-10-32(21)22(33)13-18-14-28-31-30-18/h3-5,7-8,11-12,14-15,21,24H,6,9-10,13H2,1-2H3,(H,29,34)(H,28,30,31)/t21-,24?/m0/s1. The molecular weight excluding hydrogens is 440 g/mol. The van der Waals surface area contributed by atoms with E-state index in [1.165, 1.54) is 18.3 Å². The Morgan fingerprint density at radius 2 is 1.85 bits per heavy atom. The minimum Gasteiger partial charge on any atom is -0.343 e. The maximum absolute atomic E-state index is 14.8. The molecule has 2 heterocycles. The Labute approximate surface area is 196 Å². The van der Waals surface area contributed by atoms with Crippen LogP contribution in [0.25, 0.3) is 0 Å². The summed E-state index contributed by atoms with van der Waals surface area (Å²) < 4.78 is 29.6. The monoisotopic (exact) mass is 467 g/mol. The van der Waals surface area contributed by atoms with Gasteiger partial charge in [-0.3, -0.25) is 14.7 Å². The number of nitrogens with zero attached hydrogens (tertiary/aromatic N) is 3. The van der Waals surface area contributed by atoms with Gasteiger partial charge in [-0.2, -0.15) is 0 Å². The van der Waals surface area contributed by atoms with Crippen LogP contribution < -0.4 is 5.32 Å². The molecular formula is C25H27F2N5O2. The predicted octanol–water partition coefficient (Wildman–Crippen LogP) is 3.65. The second kappa shape index (κ2) is 10.1. The number of amides is 2. The molecule has 2 N–H and O–H groups in total. The van der Waals surface area contributed by atoms with Crippen LogP contribution in [0.4, 0.5) is 8.78 Å². The van der Waals surface area contributed by atoms with Gasteiger partial charge in [0.15, 0.2) is 0 Å². The van der Waals surface area contributed by atoms with Crippen LogP contribution in [0.2, 0.25) is 0 Å². The number of likely N-dealkylation sites (tertiary alicyclic amines) is 1. The number of carbonyl (C=O) groups is 2. The largest absolute Gasteiger partial charge is 0.343 e. The highest BCUT2D eigenvalue weighted by molar-refractivity contribution is 5.89. The number of rotatable bonds is 7. The summed E-state index contributed by atoms with van der Waals surface area (Å²) in [5.74, 6) is -2.19. The Kier molecular flexibility index (Phi) is 7.00.